The smallest absolute Gasteiger partial charge is 0.185 e. The van der Waals surface area contributed by atoms with Crippen LogP contribution in [0.4, 0.5) is 5.13 Å². The van der Waals surface area contributed by atoms with Crippen molar-refractivity contribution in [3.05, 3.63) is 40.7 Å². The molecule has 0 unspecified atom stereocenters. The van der Waals surface area contributed by atoms with Gasteiger partial charge >= 0.3 is 0 Å². The van der Waals surface area contributed by atoms with Crippen LogP contribution in [-0.4, -0.2) is 23.6 Å². The van der Waals surface area contributed by atoms with Crippen molar-refractivity contribution < 1.29 is 0 Å². The molecule has 2 heterocycles. The molecule has 1 N–H and O–H groups in total. The Labute approximate surface area is 124 Å². The second kappa shape index (κ2) is 7.36. The Morgan fingerprint density at radius 3 is 2.95 bits per heavy atom. The van der Waals surface area contributed by atoms with Gasteiger partial charge in [-0.25, -0.2) is 4.98 Å². The van der Waals surface area contributed by atoms with Crippen LogP contribution in [0.2, 0.25) is 0 Å². The molecule has 2 aromatic rings. The average molecular weight is 290 g/mol. The molecule has 0 atom stereocenters. The van der Waals surface area contributed by atoms with Gasteiger partial charge in [0.25, 0.3) is 0 Å². The van der Waals surface area contributed by atoms with Gasteiger partial charge < -0.3 is 10.2 Å². The van der Waals surface area contributed by atoms with Gasteiger partial charge in [0.15, 0.2) is 5.13 Å². The summed E-state index contributed by atoms with van der Waals surface area (Å²) in [6.45, 7) is 7.07. The van der Waals surface area contributed by atoms with E-state index in [1.807, 2.05) is 12.3 Å². The number of nitrogens with one attached hydrogen (secondary N) is 1. The molecule has 0 bridgehead atoms. The van der Waals surface area contributed by atoms with Crippen molar-refractivity contribution in [3.63, 3.8) is 0 Å². The quantitative estimate of drug-likeness (QED) is 0.796. The maximum atomic E-state index is 4.67. The lowest BCUT2D eigenvalue weighted by Gasteiger charge is -2.15. The maximum absolute atomic E-state index is 4.67. The van der Waals surface area contributed by atoms with Crippen LogP contribution in [0.5, 0.6) is 0 Å². The van der Waals surface area contributed by atoms with Gasteiger partial charge in [0.2, 0.25) is 0 Å². The highest BCUT2D eigenvalue weighted by Crippen LogP contribution is 2.26. The number of aryl methyl sites for hydroxylation is 1. The van der Waals surface area contributed by atoms with Gasteiger partial charge in [-0.15, -0.1) is 11.3 Å². The zero-order valence-electron chi connectivity index (χ0n) is 12.4. The van der Waals surface area contributed by atoms with E-state index in [9.17, 15) is 0 Å². The lowest BCUT2D eigenvalue weighted by atomic mass is 10.3. The molecule has 0 aliphatic rings. The molecule has 0 amide bonds. The predicted molar refractivity (Wildman–Crippen MR) is 85.2 cm³/mol. The lowest BCUT2D eigenvalue weighted by molar-refractivity contribution is 0.678. The topological polar surface area (TPSA) is 41.0 Å². The third kappa shape index (κ3) is 4.02. The van der Waals surface area contributed by atoms with Crippen LogP contribution in [0.3, 0.4) is 0 Å². The fourth-order valence-corrected chi connectivity index (χ4v) is 2.94. The van der Waals surface area contributed by atoms with Crippen LogP contribution in [0.15, 0.2) is 24.5 Å². The van der Waals surface area contributed by atoms with E-state index in [2.05, 4.69) is 47.1 Å². The van der Waals surface area contributed by atoms with E-state index < -0.39 is 0 Å². The van der Waals surface area contributed by atoms with Crippen LogP contribution in [-0.2, 0) is 13.1 Å². The van der Waals surface area contributed by atoms with Crippen LogP contribution in [0.25, 0.3) is 0 Å². The highest BCUT2D eigenvalue weighted by Gasteiger charge is 2.11. The van der Waals surface area contributed by atoms with Gasteiger partial charge in [-0.3, -0.25) is 4.98 Å². The molecular formula is C15H22N4S. The van der Waals surface area contributed by atoms with Crippen molar-refractivity contribution in [2.45, 2.75) is 33.4 Å². The SMILES string of the molecule is CCCNCc1sc(N(C)Cc2cccnc2)nc1C. The summed E-state index contributed by atoms with van der Waals surface area (Å²) >= 11 is 1.77. The summed E-state index contributed by atoms with van der Waals surface area (Å²) in [5.41, 5.74) is 2.33. The second-order valence-electron chi connectivity index (χ2n) is 4.90. The zero-order chi connectivity index (χ0) is 14.4. The number of thiazole rings is 1. The molecule has 4 nitrogen and oxygen atoms in total. The van der Waals surface area contributed by atoms with Crippen molar-refractivity contribution in [2.75, 3.05) is 18.5 Å². The van der Waals surface area contributed by atoms with E-state index in [1.165, 1.54) is 10.4 Å². The fraction of sp³-hybridized carbons (Fsp3) is 0.467. The summed E-state index contributed by atoms with van der Waals surface area (Å²) in [5, 5.41) is 4.51. The van der Waals surface area contributed by atoms with E-state index in [-0.39, 0.29) is 0 Å². The van der Waals surface area contributed by atoms with Gasteiger partial charge in [-0.05, 0) is 31.5 Å². The van der Waals surface area contributed by atoms with E-state index in [1.54, 1.807) is 17.5 Å². The van der Waals surface area contributed by atoms with E-state index >= 15 is 0 Å². The molecule has 0 aliphatic carbocycles. The Kier molecular flexibility index (Phi) is 5.49. The van der Waals surface area contributed by atoms with E-state index in [0.717, 1.165) is 36.9 Å². The Morgan fingerprint density at radius 1 is 1.40 bits per heavy atom. The number of hydrogen-bond donors (Lipinski definition) is 1. The molecule has 0 saturated carbocycles. The summed E-state index contributed by atoms with van der Waals surface area (Å²) in [6.07, 6.45) is 4.86. The third-order valence-corrected chi connectivity index (χ3v) is 4.33. The van der Waals surface area contributed by atoms with E-state index in [4.69, 9.17) is 0 Å². The first-order chi connectivity index (χ1) is 9.70. The molecule has 2 rings (SSSR count). The molecule has 2 aromatic heterocycles. The number of anilines is 1. The minimum absolute atomic E-state index is 0.836. The summed E-state index contributed by atoms with van der Waals surface area (Å²) < 4.78 is 0. The van der Waals surface area contributed by atoms with Gasteiger partial charge in [0, 0.05) is 37.4 Å². The van der Waals surface area contributed by atoms with Gasteiger partial charge in [0.05, 0.1) is 5.69 Å². The van der Waals surface area contributed by atoms with E-state index in [0.29, 0.717) is 0 Å². The minimum atomic E-state index is 0.836. The minimum Gasteiger partial charge on any atom is -0.347 e. The average Bonchev–Trinajstić information content (AvgIpc) is 2.82. The van der Waals surface area contributed by atoms with Crippen molar-refractivity contribution >= 4 is 16.5 Å². The number of aromatic nitrogens is 2. The normalized spacial score (nSPS) is 10.8. The number of nitrogens with zero attached hydrogens (tertiary/aromatic N) is 3. The Bertz CT molecular complexity index is 524. The standard InChI is InChI=1S/C15H22N4S/c1-4-7-16-10-14-12(2)18-15(20-14)19(3)11-13-6-5-8-17-9-13/h5-6,8-9,16H,4,7,10-11H2,1-3H3. The first-order valence-corrected chi connectivity index (χ1v) is 7.79. The maximum Gasteiger partial charge on any atom is 0.185 e. The highest BCUT2D eigenvalue weighted by atomic mass is 32.1. The molecule has 20 heavy (non-hydrogen) atoms. The molecule has 108 valence electrons. The largest absolute Gasteiger partial charge is 0.347 e. The third-order valence-electron chi connectivity index (χ3n) is 3.06. The molecule has 0 spiro atoms. The predicted octanol–water partition coefficient (Wildman–Crippen LogP) is 2.98. The first-order valence-electron chi connectivity index (χ1n) is 6.97. The van der Waals surface area contributed by atoms with Crippen LogP contribution >= 0.6 is 11.3 Å². The van der Waals surface area contributed by atoms with Crippen LogP contribution < -0.4 is 10.2 Å². The second-order valence-corrected chi connectivity index (χ2v) is 5.96. The Balaban J connectivity index is 1.99. The summed E-state index contributed by atoms with van der Waals surface area (Å²) in [7, 11) is 2.08. The number of rotatable bonds is 7. The molecule has 0 aromatic carbocycles. The lowest BCUT2D eigenvalue weighted by Crippen LogP contribution is -2.16. The number of hydrogen-bond acceptors (Lipinski definition) is 5. The van der Waals surface area contributed by atoms with Gasteiger partial charge in [0.1, 0.15) is 0 Å². The fourth-order valence-electron chi connectivity index (χ4n) is 1.95. The van der Waals surface area contributed by atoms with Crippen LogP contribution in [0, 0.1) is 6.92 Å². The van der Waals surface area contributed by atoms with Crippen molar-refractivity contribution in [2.24, 2.45) is 0 Å². The molecule has 0 radical (unpaired) electrons. The molecule has 0 aliphatic heterocycles. The Morgan fingerprint density at radius 2 is 2.25 bits per heavy atom. The molecule has 5 heteroatoms. The Hall–Kier alpha value is -1.46. The monoisotopic (exact) mass is 290 g/mol. The molecular weight excluding hydrogens is 268 g/mol. The summed E-state index contributed by atoms with van der Waals surface area (Å²) in [6, 6.07) is 4.06. The van der Waals surface area contributed by atoms with Gasteiger partial charge in [-0.1, -0.05) is 13.0 Å². The van der Waals surface area contributed by atoms with Gasteiger partial charge in [-0.2, -0.15) is 0 Å². The van der Waals surface area contributed by atoms with Crippen molar-refractivity contribution in [1.29, 1.82) is 0 Å². The highest BCUT2D eigenvalue weighted by molar-refractivity contribution is 7.15. The summed E-state index contributed by atoms with van der Waals surface area (Å²) in [5.74, 6) is 0. The number of pyridine rings is 1. The zero-order valence-corrected chi connectivity index (χ0v) is 13.2. The molecule has 0 saturated heterocycles. The van der Waals surface area contributed by atoms with Crippen LogP contribution in [0.1, 0.15) is 29.5 Å². The first kappa shape index (κ1) is 14.9. The van der Waals surface area contributed by atoms with Crippen molar-refractivity contribution in [1.82, 2.24) is 15.3 Å². The molecule has 0 fully saturated rings. The van der Waals surface area contributed by atoms with Crippen molar-refractivity contribution in [3.8, 4) is 0 Å². The summed E-state index contributed by atoms with van der Waals surface area (Å²) in [4.78, 5) is 12.3.